The van der Waals surface area contributed by atoms with Crippen LogP contribution in [-0.2, 0) is 0 Å². The standard InChI is InChI=1S/C21H29NO/c1-18-13-14-20(19-11-7-6-8-12-19)21(17-18)23-16-10-5-3-2-4-9-15-22/h6-8,11-14,17H,2-5,9-10,15-16,22H2,1H3. The van der Waals surface area contributed by atoms with Crippen molar-refractivity contribution in [2.45, 2.75) is 45.4 Å². The molecule has 2 nitrogen and oxygen atoms in total. The van der Waals surface area contributed by atoms with Crippen molar-refractivity contribution in [2.75, 3.05) is 13.2 Å². The second-order valence-electron chi connectivity index (χ2n) is 6.12. The summed E-state index contributed by atoms with van der Waals surface area (Å²) < 4.78 is 6.08. The van der Waals surface area contributed by atoms with Gasteiger partial charge in [0, 0.05) is 5.56 Å². The molecule has 0 unspecified atom stereocenters. The van der Waals surface area contributed by atoms with Crippen LogP contribution in [-0.4, -0.2) is 13.2 Å². The van der Waals surface area contributed by atoms with Crippen LogP contribution in [0.15, 0.2) is 48.5 Å². The van der Waals surface area contributed by atoms with Gasteiger partial charge in [0.05, 0.1) is 6.61 Å². The van der Waals surface area contributed by atoms with Crippen molar-refractivity contribution >= 4 is 0 Å². The van der Waals surface area contributed by atoms with E-state index >= 15 is 0 Å². The first-order valence-electron chi connectivity index (χ1n) is 8.80. The van der Waals surface area contributed by atoms with Gasteiger partial charge in [-0.3, -0.25) is 0 Å². The molecule has 23 heavy (non-hydrogen) atoms. The Labute approximate surface area is 140 Å². The lowest BCUT2D eigenvalue weighted by Gasteiger charge is -2.13. The second-order valence-corrected chi connectivity index (χ2v) is 6.12. The first kappa shape index (κ1) is 17.6. The fourth-order valence-electron chi connectivity index (χ4n) is 2.74. The first-order chi connectivity index (χ1) is 11.3. The van der Waals surface area contributed by atoms with E-state index in [2.05, 4.69) is 49.4 Å². The smallest absolute Gasteiger partial charge is 0.127 e. The van der Waals surface area contributed by atoms with Crippen LogP contribution in [0.4, 0.5) is 0 Å². The molecule has 0 atom stereocenters. The van der Waals surface area contributed by atoms with Crippen LogP contribution in [0.3, 0.4) is 0 Å². The van der Waals surface area contributed by atoms with Crippen LogP contribution >= 0.6 is 0 Å². The van der Waals surface area contributed by atoms with Crippen molar-refractivity contribution in [3.05, 3.63) is 54.1 Å². The summed E-state index contributed by atoms with van der Waals surface area (Å²) in [5, 5.41) is 0. The largest absolute Gasteiger partial charge is 0.493 e. The Kier molecular flexibility index (Phi) is 7.68. The third kappa shape index (κ3) is 6.07. The van der Waals surface area contributed by atoms with Crippen molar-refractivity contribution in [1.29, 1.82) is 0 Å². The van der Waals surface area contributed by atoms with Crippen LogP contribution in [0.25, 0.3) is 11.1 Å². The molecule has 0 aliphatic heterocycles. The normalized spacial score (nSPS) is 10.7. The lowest BCUT2D eigenvalue weighted by molar-refractivity contribution is 0.305. The minimum absolute atomic E-state index is 0.792. The maximum absolute atomic E-state index is 6.08. The molecule has 0 radical (unpaired) electrons. The summed E-state index contributed by atoms with van der Waals surface area (Å²) >= 11 is 0. The van der Waals surface area contributed by atoms with Gasteiger partial charge in [0.1, 0.15) is 5.75 Å². The Balaban J connectivity index is 1.84. The summed E-state index contributed by atoms with van der Waals surface area (Å²) in [6.45, 7) is 3.72. The van der Waals surface area contributed by atoms with Crippen molar-refractivity contribution in [3.8, 4) is 16.9 Å². The van der Waals surface area contributed by atoms with Crippen LogP contribution in [0.2, 0.25) is 0 Å². The molecule has 0 aliphatic rings. The zero-order chi connectivity index (χ0) is 16.3. The molecular weight excluding hydrogens is 282 g/mol. The number of benzene rings is 2. The molecule has 0 amide bonds. The third-order valence-corrected chi connectivity index (χ3v) is 4.08. The summed E-state index contributed by atoms with van der Waals surface area (Å²) in [6, 6.07) is 16.9. The van der Waals surface area contributed by atoms with Gasteiger partial charge in [-0.25, -0.2) is 0 Å². The molecule has 2 aromatic carbocycles. The van der Waals surface area contributed by atoms with E-state index in [0.717, 1.165) is 31.7 Å². The zero-order valence-electron chi connectivity index (χ0n) is 14.3. The van der Waals surface area contributed by atoms with Crippen LogP contribution in [0, 0.1) is 6.92 Å². The molecule has 0 heterocycles. The summed E-state index contributed by atoms with van der Waals surface area (Å²) in [7, 11) is 0. The van der Waals surface area contributed by atoms with E-state index in [1.807, 2.05) is 6.07 Å². The molecule has 124 valence electrons. The summed E-state index contributed by atoms with van der Waals surface area (Å²) in [5.41, 5.74) is 9.14. The summed E-state index contributed by atoms with van der Waals surface area (Å²) in [6.07, 6.45) is 7.33. The lowest BCUT2D eigenvalue weighted by atomic mass is 10.0. The second kappa shape index (κ2) is 10.1. The lowest BCUT2D eigenvalue weighted by Crippen LogP contribution is -2.00. The van der Waals surface area contributed by atoms with E-state index in [1.165, 1.54) is 42.4 Å². The fraction of sp³-hybridized carbons (Fsp3) is 0.429. The number of nitrogens with two attached hydrogens (primary N) is 1. The molecule has 0 saturated carbocycles. The van der Waals surface area contributed by atoms with Gasteiger partial charge in [-0.2, -0.15) is 0 Å². The fourth-order valence-corrected chi connectivity index (χ4v) is 2.74. The van der Waals surface area contributed by atoms with Gasteiger partial charge in [0.2, 0.25) is 0 Å². The number of aryl methyl sites for hydroxylation is 1. The van der Waals surface area contributed by atoms with Crippen molar-refractivity contribution in [3.63, 3.8) is 0 Å². The average molecular weight is 311 g/mol. The Morgan fingerprint density at radius 3 is 2.26 bits per heavy atom. The highest BCUT2D eigenvalue weighted by molar-refractivity contribution is 5.70. The predicted octanol–water partition coefficient (Wildman–Crippen LogP) is 5.34. The number of ether oxygens (including phenoxy) is 1. The third-order valence-electron chi connectivity index (χ3n) is 4.08. The van der Waals surface area contributed by atoms with E-state index in [-0.39, 0.29) is 0 Å². The minimum Gasteiger partial charge on any atom is -0.493 e. The number of unbranched alkanes of at least 4 members (excludes halogenated alkanes) is 5. The monoisotopic (exact) mass is 311 g/mol. The van der Waals surface area contributed by atoms with E-state index in [9.17, 15) is 0 Å². The Bertz CT molecular complexity index is 565. The van der Waals surface area contributed by atoms with Gasteiger partial charge >= 0.3 is 0 Å². The predicted molar refractivity (Wildman–Crippen MR) is 98.9 cm³/mol. The van der Waals surface area contributed by atoms with Gasteiger partial charge in [-0.05, 0) is 43.5 Å². The zero-order valence-corrected chi connectivity index (χ0v) is 14.3. The van der Waals surface area contributed by atoms with Gasteiger partial charge in [-0.15, -0.1) is 0 Å². The molecule has 0 aliphatic carbocycles. The maximum atomic E-state index is 6.08. The Morgan fingerprint density at radius 2 is 1.52 bits per heavy atom. The highest BCUT2D eigenvalue weighted by atomic mass is 16.5. The maximum Gasteiger partial charge on any atom is 0.127 e. The average Bonchev–Trinajstić information content (AvgIpc) is 2.58. The molecule has 0 spiro atoms. The quantitative estimate of drug-likeness (QED) is 0.601. The highest BCUT2D eigenvalue weighted by Crippen LogP contribution is 2.31. The topological polar surface area (TPSA) is 35.2 Å². The molecule has 0 saturated heterocycles. The molecule has 0 bridgehead atoms. The molecule has 2 N–H and O–H groups in total. The van der Waals surface area contributed by atoms with E-state index in [4.69, 9.17) is 10.5 Å². The van der Waals surface area contributed by atoms with Crippen LogP contribution < -0.4 is 10.5 Å². The Hall–Kier alpha value is -1.80. The molecule has 0 fully saturated rings. The number of hydrogen-bond acceptors (Lipinski definition) is 2. The van der Waals surface area contributed by atoms with Crippen molar-refractivity contribution < 1.29 is 4.74 Å². The van der Waals surface area contributed by atoms with Gasteiger partial charge in [0.15, 0.2) is 0 Å². The number of hydrogen-bond donors (Lipinski definition) is 1. The van der Waals surface area contributed by atoms with Crippen molar-refractivity contribution in [1.82, 2.24) is 0 Å². The van der Waals surface area contributed by atoms with Gasteiger partial charge < -0.3 is 10.5 Å². The summed E-state index contributed by atoms with van der Waals surface area (Å²) in [4.78, 5) is 0. The molecule has 0 aromatic heterocycles. The van der Waals surface area contributed by atoms with Gasteiger partial charge in [-0.1, -0.05) is 68.1 Å². The molecule has 2 aromatic rings. The van der Waals surface area contributed by atoms with Gasteiger partial charge in [0.25, 0.3) is 0 Å². The SMILES string of the molecule is Cc1ccc(-c2ccccc2)c(OCCCCCCCCN)c1. The molecule has 2 heteroatoms. The van der Waals surface area contributed by atoms with Crippen molar-refractivity contribution in [2.24, 2.45) is 5.73 Å². The Morgan fingerprint density at radius 1 is 0.826 bits per heavy atom. The van der Waals surface area contributed by atoms with Crippen LogP contribution in [0.1, 0.15) is 44.1 Å². The molecular formula is C21H29NO. The summed E-state index contributed by atoms with van der Waals surface area (Å²) in [5.74, 6) is 0.999. The van der Waals surface area contributed by atoms with Crippen LogP contribution in [0.5, 0.6) is 5.75 Å². The first-order valence-corrected chi connectivity index (χ1v) is 8.80. The number of rotatable bonds is 10. The minimum atomic E-state index is 0.792. The molecule has 2 rings (SSSR count). The highest BCUT2D eigenvalue weighted by Gasteiger charge is 2.06. The van der Waals surface area contributed by atoms with E-state index in [0.29, 0.717) is 0 Å². The van der Waals surface area contributed by atoms with E-state index < -0.39 is 0 Å². The van der Waals surface area contributed by atoms with E-state index in [1.54, 1.807) is 0 Å².